The second-order valence-corrected chi connectivity index (χ2v) is 9.89. The molecule has 0 radical (unpaired) electrons. The first-order valence-corrected chi connectivity index (χ1v) is 12.5. The Morgan fingerprint density at radius 1 is 1.11 bits per heavy atom. The summed E-state index contributed by atoms with van der Waals surface area (Å²) in [6.45, 7) is 7.92. The molecule has 0 aliphatic carbocycles. The molecule has 0 spiro atoms. The smallest absolute Gasteiger partial charge is 0.326 e. The summed E-state index contributed by atoms with van der Waals surface area (Å²) in [6.07, 6.45) is 2.38. The maximum atomic E-state index is 13.6. The van der Waals surface area contributed by atoms with E-state index in [0.717, 1.165) is 5.56 Å². The fourth-order valence-electron chi connectivity index (χ4n) is 4.38. The molecule has 5 atom stereocenters. The van der Waals surface area contributed by atoms with Crippen molar-refractivity contribution < 1.29 is 24.3 Å². The first kappa shape index (κ1) is 28.3. The van der Waals surface area contributed by atoms with Crippen LogP contribution in [0.2, 0.25) is 0 Å². The van der Waals surface area contributed by atoms with E-state index in [4.69, 9.17) is 5.73 Å². The van der Waals surface area contributed by atoms with Gasteiger partial charge >= 0.3 is 5.97 Å². The van der Waals surface area contributed by atoms with Crippen molar-refractivity contribution in [3.8, 4) is 0 Å². The number of nitrogens with zero attached hydrogens (tertiary/aromatic N) is 1. The van der Waals surface area contributed by atoms with Crippen LogP contribution in [0, 0.1) is 11.8 Å². The highest BCUT2D eigenvalue weighted by molar-refractivity contribution is 5.94. The van der Waals surface area contributed by atoms with Gasteiger partial charge in [-0.05, 0) is 36.7 Å². The number of carbonyl (C=O) groups is 4. The van der Waals surface area contributed by atoms with Crippen LogP contribution in [-0.4, -0.2) is 64.4 Å². The molecule has 0 aromatic heterocycles. The number of aliphatic carboxylic acids is 1. The maximum Gasteiger partial charge on any atom is 0.326 e. The largest absolute Gasteiger partial charge is 0.480 e. The molecule has 35 heavy (non-hydrogen) atoms. The van der Waals surface area contributed by atoms with Crippen LogP contribution >= 0.6 is 0 Å². The Bertz CT molecular complexity index is 876. The maximum absolute atomic E-state index is 13.6. The highest BCUT2D eigenvalue weighted by Gasteiger charge is 2.39. The van der Waals surface area contributed by atoms with E-state index in [0.29, 0.717) is 32.2 Å². The number of rotatable bonds is 12. The Labute approximate surface area is 207 Å². The van der Waals surface area contributed by atoms with E-state index in [1.807, 2.05) is 51.1 Å². The highest BCUT2D eigenvalue weighted by atomic mass is 16.4. The summed E-state index contributed by atoms with van der Waals surface area (Å²) < 4.78 is 0. The van der Waals surface area contributed by atoms with E-state index in [-0.39, 0.29) is 24.2 Å². The second-order valence-electron chi connectivity index (χ2n) is 9.89. The number of benzene rings is 1. The molecule has 1 heterocycles. The van der Waals surface area contributed by atoms with Gasteiger partial charge in [0, 0.05) is 13.0 Å². The number of amides is 3. The van der Waals surface area contributed by atoms with E-state index < -0.39 is 42.0 Å². The quantitative estimate of drug-likeness (QED) is 0.353. The molecule has 0 saturated carbocycles. The molecule has 1 aliphatic heterocycles. The van der Waals surface area contributed by atoms with Crippen molar-refractivity contribution in [1.29, 1.82) is 0 Å². The third-order valence-electron chi connectivity index (χ3n) is 6.57. The summed E-state index contributed by atoms with van der Waals surface area (Å²) in [5, 5.41) is 15.0. The average molecular weight is 489 g/mol. The van der Waals surface area contributed by atoms with Crippen molar-refractivity contribution >= 4 is 23.7 Å². The molecule has 194 valence electrons. The molecule has 1 aromatic carbocycles. The van der Waals surface area contributed by atoms with Gasteiger partial charge < -0.3 is 26.4 Å². The zero-order valence-corrected chi connectivity index (χ0v) is 21.2. The van der Waals surface area contributed by atoms with Crippen LogP contribution in [0.4, 0.5) is 0 Å². The van der Waals surface area contributed by atoms with Gasteiger partial charge in [0.05, 0.1) is 6.04 Å². The second kappa shape index (κ2) is 13.2. The van der Waals surface area contributed by atoms with Gasteiger partial charge in [-0.3, -0.25) is 14.4 Å². The normalized spacial score (nSPS) is 19.0. The molecule has 2 rings (SSSR count). The first-order chi connectivity index (χ1) is 16.5. The molecule has 1 saturated heterocycles. The summed E-state index contributed by atoms with van der Waals surface area (Å²) in [6, 6.07) is 5.89. The zero-order chi connectivity index (χ0) is 26.1. The number of nitrogens with two attached hydrogens (primary N) is 1. The summed E-state index contributed by atoms with van der Waals surface area (Å²) in [7, 11) is 0. The SMILES string of the molecule is CCC(C)C(NC(=O)C1CCCN1C(=O)C(Cc1ccccc1)NC(=O)C(N)CC(C)C)C(=O)O. The minimum atomic E-state index is -1.10. The van der Waals surface area contributed by atoms with E-state index >= 15 is 0 Å². The Kier molecular flexibility index (Phi) is 10.7. The van der Waals surface area contributed by atoms with Crippen LogP contribution in [0.15, 0.2) is 30.3 Å². The number of carboxylic acids is 1. The minimum Gasteiger partial charge on any atom is -0.480 e. The van der Waals surface area contributed by atoms with Crippen molar-refractivity contribution in [2.45, 2.75) is 84.0 Å². The molecular formula is C26H40N4O5. The monoisotopic (exact) mass is 488 g/mol. The number of hydrogen-bond acceptors (Lipinski definition) is 5. The Morgan fingerprint density at radius 3 is 2.34 bits per heavy atom. The van der Waals surface area contributed by atoms with E-state index in [1.54, 1.807) is 6.92 Å². The summed E-state index contributed by atoms with van der Waals surface area (Å²) >= 11 is 0. The Hall–Kier alpha value is -2.94. The predicted octanol–water partition coefficient (Wildman–Crippen LogP) is 1.69. The molecular weight excluding hydrogens is 448 g/mol. The lowest BCUT2D eigenvalue weighted by molar-refractivity contribution is -0.146. The molecule has 1 aliphatic rings. The van der Waals surface area contributed by atoms with Gasteiger partial charge in [-0.25, -0.2) is 4.79 Å². The number of nitrogens with one attached hydrogen (secondary N) is 2. The van der Waals surface area contributed by atoms with Crippen molar-refractivity contribution in [3.05, 3.63) is 35.9 Å². The minimum absolute atomic E-state index is 0.221. The molecule has 0 bridgehead atoms. The lowest BCUT2D eigenvalue weighted by Crippen LogP contribution is -2.57. The van der Waals surface area contributed by atoms with Crippen LogP contribution in [0.3, 0.4) is 0 Å². The van der Waals surface area contributed by atoms with Gasteiger partial charge in [0.15, 0.2) is 0 Å². The molecule has 9 nitrogen and oxygen atoms in total. The molecule has 5 N–H and O–H groups in total. The van der Waals surface area contributed by atoms with Crippen LogP contribution in [-0.2, 0) is 25.6 Å². The number of likely N-dealkylation sites (tertiary alicyclic amines) is 1. The van der Waals surface area contributed by atoms with Crippen LogP contribution in [0.1, 0.15) is 58.9 Å². The van der Waals surface area contributed by atoms with Gasteiger partial charge in [0.1, 0.15) is 18.1 Å². The molecule has 1 aromatic rings. The van der Waals surface area contributed by atoms with Crippen LogP contribution in [0.25, 0.3) is 0 Å². The Morgan fingerprint density at radius 2 is 1.77 bits per heavy atom. The van der Waals surface area contributed by atoms with Crippen molar-refractivity contribution in [1.82, 2.24) is 15.5 Å². The summed E-state index contributed by atoms with van der Waals surface area (Å²) in [4.78, 5) is 52.6. The molecule has 5 unspecified atom stereocenters. The third-order valence-corrected chi connectivity index (χ3v) is 6.57. The van der Waals surface area contributed by atoms with E-state index in [2.05, 4.69) is 10.6 Å². The average Bonchev–Trinajstić information content (AvgIpc) is 3.31. The number of carbonyl (C=O) groups excluding carboxylic acids is 3. The molecule has 3 amide bonds. The Balaban J connectivity index is 2.22. The van der Waals surface area contributed by atoms with Crippen LogP contribution < -0.4 is 16.4 Å². The van der Waals surface area contributed by atoms with Crippen molar-refractivity contribution in [2.24, 2.45) is 17.6 Å². The fourth-order valence-corrected chi connectivity index (χ4v) is 4.38. The summed E-state index contributed by atoms with van der Waals surface area (Å²) in [5.74, 6) is -2.39. The number of carboxylic acid groups (broad SMARTS) is 1. The van der Waals surface area contributed by atoms with Crippen LogP contribution in [0.5, 0.6) is 0 Å². The van der Waals surface area contributed by atoms with Gasteiger partial charge in [0.25, 0.3) is 0 Å². The predicted molar refractivity (Wildman–Crippen MR) is 133 cm³/mol. The fraction of sp³-hybridized carbons (Fsp3) is 0.615. The van der Waals surface area contributed by atoms with Gasteiger partial charge in [-0.1, -0.05) is 64.4 Å². The van der Waals surface area contributed by atoms with E-state index in [1.165, 1.54) is 4.90 Å². The molecule has 9 heteroatoms. The molecule has 1 fully saturated rings. The zero-order valence-electron chi connectivity index (χ0n) is 21.2. The number of hydrogen-bond donors (Lipinski definition) is 4. The van der Waals surface area contributed by atoms with Gasteiger partial charge in [0.2, 0.25) is 17.7 Å². The highest BCUT2D eigenvalue weighted by Crippen LogP contribution is 2.21. The van der Waals surface area contributed by atoms with Gasteiger partial charge in [-0.15, -0.1) is 0 Å². The standard InChI is InChI=1S/C26H40N4O5/c1-5-17(4)22(26(34)35)29-24(32)21-12-9-13-30(21)25(33)20(15-18-10-7-6-8-11-18)28-23(31)19(27)14-16(2)3/h6-8,10-11,16-17,19-22H,5,9,12-15,27H2,1-4H3,(H,28,31)(H,29,32)(H,34,35). The summed E-state index contributed by atoms with van der Waals surface area (Å²) in [5.41, 5.74) is 6.92. The van der Waals surface area contributed by atoms with Crippen molar-refractivity contribution in [2.75, 3.05) is 6.54 Å². The van der Waals surface area contributed by atoms with Gasteiger partial charge in [-0.2, -0.15) is 0 Å². The van der Waals surface area contributed by atoms with Crippen molar-refractivity contribution in [3.63, 3.8) is 0 Å². The lowest BCUT2D eigenvalue weighted by Gasteiger charge is -2.30. The lowest BCUT2D eigenvalue weighted by atomic mass is 9.98. The third kappa shape index (κ3) is 8.06. The van der Waals surface area contributed by atoms with E-state index in [9.17, 15) is 24.3 Å². The topological polar surface area (TPSA) is 142 Å². The first-order valence-electron chi connectivity index (χ1n) is 12.5.